The Bertz CT molecular complexity index is 358. The van der Waals surface area contributed by atoms with Gasteiger partial charge in [0.2, 0.25) is 5.66 Å². The van der Waals surface area contributed by atoms with Crippen LogP contribution in [0.5, 0.6) is 0 Å². The maximum absolute atomic E-state index is 11.3. The molecule has 0 radical (unpaired) electrons. The van der Waals surface area contributed by atoms with Gasteiger partial charge in [-0.3, -0.25) is 5.73 Å². The lowest BCUT2D eigenvalue weighted by Crippen LogP contribution is -2.74. The molecule has 0 unspecified atom stereocenters. The fourth-order valence-corrected chi connectivity index (χ4v) is 4.41. The van der Waals surface area contributed by atoms with E-state index in [0.29, 0.717) is 4.99 Å². The van der Waals surface area contributed by atoms with Crippen LogP contribution in [0.15, 0.2) is 0 Å². The number of hydrogen-bond donors (Lipinski definition) is 2. The molecule has 2 saturated heterocycles. The van der Waals surface area contributed by atoms with Crippen molar-refractivity contribution in [3.05, 3.63) is 0 Å². The fraction of sp³-hybridized carbons (Fsp3) is 0.778. The van der Waals surface area contributed by atoms with Gasteiger partial charge in [0, 0.05) is 5.92 Å². The molecule has 0 aromatic rings. The van der Waals surface area contributed by atoms with E-state index in [1.54, 1.807) is 16.7 Å². The van der Waals surface area contributed by atoms with Crippen LogP contribution in [0.2, 0.25) is 0 Å². The first-order valence-electron chi connectivity index (χ1n) is 4.77. The van der Waals surface area contributed by atoms with Crippen molar-refractivity contribution in [3.8, 4) is 0 Å². The summed E-state index contributed by atoms with van der Waals surface area (Å²) in [4.78, 5) is 13.7. The first kappa shape index (κ1) is 11.2. The Labute approximate surface area is 98.2 Å². The average Bonchev–Trinajstić information content (AvgIpc) is 2.33. The van der Waals surface area contributed by atoms with E-state index in [9.17, 15) is 9.90 Å². The molecule has 3 atom stereocenters. The van der Waals surface area contributed by atoms with Crippen LogP contribution < -0.4 is 5.73 Å². The third-order valence-electron chi connectivity index (χ3n) is 3.35. The normalized spacial score (nSPS) is 42.4. The van der Waals surface area contributed by atoms with E-state index < -0.39 is 16.4 Å². The van der Waals surface area contributed by atoms with Crippen LogP contribution in [-0.2, 0) is 4.79 Å². The third-order valence-corrected chi connectivity index (χ3v) is 5.68. The van der Waals surface area contributed by atoms with Gasteiger partial charge < -0.3 is 10.0 Å². The highest BCUT2D eigenvalue weighted by molar-refractivity contribution is 8.02. The molecule has 0 bridgehead atoms. The summed E-state index contributed by atoms with van der Waals surface area (Å²) in [7, 11) is 0. The van der Waals surface area contributed by atoms with Gasteiger partial charge in [0.15, 0.2) is 0 Å². The Morgan fingerprint density at radius 2 is 2.20 bits per heavy atom. The number of aliphatic carboxylic acids is 1. The van der Waals surface area contributed by atoms with Gasteiger partial charge in [-0.2, -0.15) is 0 Å². The van der Waals surface area contributed by atoms with Crippen LogP contribution in [0.1, 0.15) is 20.8 Å². The molecule has 2 aliphatic heterocycles. The SMILES string of the molecule is C[C@@H]1C(=S)N2[C@@H]1SC(C)(C)[C@]2(N)C(=O)O. The number of hydrogen-bond acceptors (Lipinski definition) is 4. The molecule has 15 heavy (non-hydrogen) atoms. The van der Waals surface area contributed by atoms with E-state index in [1.807, 2.05) is 20.8 Å². The molecule has 2 heterocycles. The van der Waals surface area contributed by atoms with Gasteiger partial charge in [0.05, 0.1) is 15.1 Å². The number of carbonyl (C=O) groups is 1. The molecule has 2 rings (SSSR count). The summed E-state index contributed by atoms with van der Waals surface area (Å²) in [5.41, 5.74) is 4.67. The van der Waals surface area contributed by atoms with E-state index in [2.05, 4.69) is 0 Å². The standard InChI is InChI=1S/C9H14N2O2S2/c1-4-5(14)11-6(4)15-8(2,3)9(11,10)7(12)13/h4,6H,10H2,1-3H3,(H,12,13)/t4-,6-,9+/m1/s1. The molecule has 0 aromatic heterocycles. The molecule has 0 amide bonds. The minimum atomic E-state index is -1.37. The summed E-state index contributed by atoms with van der Waals surface area (Å²) in [5.74, 6) is -0.759. The van der Waals surface area contributed by atoms with Crippen LogP contribution in [0.4, 0.5) is 0 Å². The maximum atomic E-state index is 11.3. The van der Waals surface area contributed by atoms with Crippen LogP contribution in [-0.4, -0.2) is 36.7 Å². The van der Waals surface area contributed by atoms with Crippen molar-refractivity contribution in [1.82, 2.24) is 4.90 Å². The number of carboxylic acid groups (broad SMARTS) is 1. The Morgan fingerprint density at radius 1 is 1.67 bits per heavy atom. The molecule has 2 aliphatic rings. The topological polar surface area (TPSA) is 66.6 Å². The lowest BCUT2D eigenvalue weighted by atomic mass is 9.88. The van der Waals surface area contributed by atoms with E-state index >= 15 is 0 Å². The first-order chi connectivity index (χ1) is 6.73. The first-order valence-corrected chi connectivity index (χ1v) is 6.05. The molecule has 0 aliphatic carbocycles. The Hall–Kier alpha value is -0.330. The van der Waals surface area contributed by atoms with Crippen LogP contribution >= 0.6 is 24.0 Å². The largest absolute Gasteiger partial charge is 0.478 e. The highest BCUT2D eigenvalue weighted by Gasteiger charge is 2.68. The summed E-state index contributed by atoms with van der Waals surface area (Å²) in [6, 6.07) is 0. The molecule has 3 N–H and O–H groups in total. The van der Waals surface area contributed by atoms with Gasteiger partial charge in [-0.1, -0.05) is 19.1 Å². The Balaban J connectivity index is 2.46. The zero-order valence-electron chi connectivity index (χ0n) is 8.85. The van der Waals surface area contributed by atoms with Gasteiger partial charge in [-0.25, -0.2) is 4.79 Å². The van der Waals surface area contributed by atoms with E-state index in [4.69, 9.17) is 18.0 Å². The minimum Gasteiger partial charge on any atom is -0.478 e. The number of nitrogens with two attached hydrogens (primary N) is 1. The van der Waals surface area contributed by atoms with Crippen molar-refractivity contribution in [2.75, 3.05) is 0 Å². The van der Waals surface area contributed by atoms with Gasteiger partial charge in [0.25, 0.3) is 0 Å². The quantitative estimate of drug-likeness (QED) is 0.669. The Kier molecular flexibility index (Phi) is 2.13. The van der Waals surface area contributed by atoms with Crippen molar-refractivity contribution >= 4 is 34.9 Å². The van der Waals surface area contributed by atoms with Crippen molar-refractivity contribution < 1.29 is 9.90 Å². The fourth-order valence-electron chi connectivity index (χ4n) is 2.18. The highest BCUT2D eigenvalue weighted by Crippen LogP contribution is 2.56. The van der Waals surface area contributed by atoms with Gasteiger partial charge >= 0.3 is 5.97 Å². The number of carboxylic acids is 1. The molecule has 2 fully saturated rings. The summed E-state index contributed by atoms with van der Waals surface area (Å²) < 4.78 is -0.529. The lowest BCUT2D eigenvalue weighted by Gasteiger charge is -2.49. The summed E-state index contributed by atoms with van der Waals surface area (Å²) in [6.07, 6.45) is 0. The van der Waals surface area contributed by atoms with Gasteiger partial charge in [-0.15, -0.1) is 11.8 Å². The van der Waals surface area contributed by atoms with Crippen LogP contribution in [0.3, 0.4) is 0 Å². The van der Waals surface area contributed by atoms with Crippen LogP contribution in [0, 0.1) is 5.92 Å². The highest BCUT2D eigenvalue weighted by atomic mass is 32.2. The monoisotopic (exact) mass is 246 g/mol. The number of nitrogens with zero attached hydrogens (tertiary/aromatic N) is 1. The van der Waals surface area contributed by atoms with E-state index in [1.165, 1.54) is 0 Å². The second kappa shape index (κ2) is 2.87. The second-order valence-electron chi connectivity index (χ2n) is 4.59. The van der Waals surface area contributed by atoms with Crippen molar-refractivity contribution in [3.63, 3.8) is 0 Å². The molecule has 84 valence electrons. The number of rotatable bonds is 1. The van der Waals surface area contributed by atoms with Crippen molar-refractivity contribution in [2.24, 2.45) is 11.7 Å². The predicted molar refractivity (Wildman–Crippen MR) is 63.6 cm³/mol. The number of thiocarbonyl (C=S) groups is 1. The summed E-state index contributed by atoms with van der Waals surface area (Å²) in [5, 5.41) is 9.41. The molecule has 0 aromatic carbocycles. The van der Waals surface area contributed by atoms with Crippen molar-refractivity contribution in [2.45, 2.75) is 36.6 Å². The summed E-state index contributed by atoms with van der Waals surface area (Å²) >= 11 is 6.78. The molecular formula is C9H14N2O2S2. The van der Waals surface area contributed by atoms with Gasteiger partial charge in [-0.05, 0) is 13.8 Å². The minimum absolute atomic E-state index is 0.119. The van der Waals surface area contributed by atoms with Crippen LogP contribution in [0.25, 0.3) is 0 Å². The molecule has 0 saturated carbocycles. The average molecular weight is 246 g/mol. The molecule has 0 spiro atoms. The van der Waals surface area contributed by atoms with Gasteiger partial charge in [0.1, 0.15) is 0 Å². The predicted octanol–water partition coefficient (Wildman–Crippen LogP) is 0.857. The zero-order valence-corrected chi connectivity index (χ0v) is 10.5. The van der Waals surface area contributed by atoms with E-state index in [0.717, 1.165) is 0 Å². The molecule has 4 nitrogen and oxygen atoms in total. The third kappa shape index (κ3) is 1.07. The maximum Gasteiger partial charge on any atom is 0.346 e. The lowest BCUT2D eigenvalue weighted by molar-refractivity contribution is -0.151. The number of thioether (sulfide) groups is 1. The zero-order chi connectivity index (χ0) is 11.6. The summed E-state index contributed by atoms with van der Waals surface area (Å²) in [6.45, 7) is 5.74. The molecule has 6 heteroatoms. The second-order valence-corrected chi connectivity index (χ2v) is 6.74. The van der Waals surface area contributed by atoms with Crippen molar-refractivity contribution in [1.29, 1.82) is 0 Å². The van der Waals surface area contributed by atoms with E-state index in [-0.39, 0.29) is 11.3 Å². The molecular weight excluding hydrogens is 232 g/mol. The Morgan fingerprint density at radius 3 is 2.67 bits per heavy atom. The smallest absolute Gasteiger partial charge is 0.346 e. The number of fused-ring (bicyclic) bond motifs is 1.